The Hall–Kier alpha value is -2.09. The number of carbonyl (C=O) groups is 1. The number of nitrogens with one attached hydrogen (secondary N) is 1. The van der Waals surface area contributed by atoms with Crippen LogP contribution in [-0.2, 0) is 10.2 Å². The summed E-state index contributed by atoms with van der Waals surface area (Å²) in [6, 6.07) is 10.00. The Morgan fingerprint density at radius 3 is 2.25 bits per heavy atom. The van der Waals surface area contributed by atoms with Gasteiger partial charge in [0, 0.05) is 0 Å². The van der Waals surface area contributed by atoms with E-state index >= 15 is 0 Å². The lowest BCUT2D eigenvalue weighted by Gasteiger charge is -2.36. The van der Waals surface area contributed by atoms with Crippen LogP contribution in [0, 0.1) is 0 Å². The Morgan fingerprint density at radius 1 is 1.17 bits per heavy atom. The molecule has 0 aliphatic carbocycles. The second-order valence-corrected chi connectivity index (χ2v) is 6.55. The van der Waals surface area contributed by atoms with Gasteiger partial charge in [-0.1, -0.05) is 75.1 Å². The van der Waals surface area contributed by atoms with E-state index in [4.69, 9.17) is 0 Å². The first-order valence-electron chi connectivity index (χ1n) is 8.72. The van der Waals surface area contributed by atoms with Crippen LogP contribution in [0.5, 0.6) is 0 Å². The average Bonchev–Trinajstić information content (AvgIpc) is 2.61. The molecule has 0 fully saturated rings. The summed E-state index contributed by atoms with van der Waals surface area (Å²) in [5.74, 6) is 0.0556. The van der Waals surface area contributed by atoms with Crippen LogP contribution in [-0.4, -0.2) is 11.4 Å². The van der Waals surface area contributed by atoms with E-state index in [0.29, 0.717) is 0 Å². The summed E-state index contributed by atoms with van der Waals surface area (Å²) < 4.78 is 0. The first-order chi connectivity index (χ1) is 11.4. The second kappa shape index (κ2) is 8.68. The van der Waals surface area contributed by atoms with Crippen molar-refractivity contribution in [2.24, 2.45) is 0 Å². The van der Waals surface area contributed by atoms with E-state index in [1.165, 1.54) is 0 Å². The molecule has 2 nitrogen and oxygen atoms in total. The van der Waals surface area contributed by atoms with E-state index < -0.39 is 11.0 Å². The zero-order valence-electron chi connectivity index (χ0n) is 15.7. The lowest BCUT2D eigenvalue weighted by molar-refractivity contribution is -0.127. The van der Waals surface area contributed by atoms with Gasteiger partial charge in [0.15, 0.2) is 0 Å². The molecule has 130 valence electrons. The van der Waals surface area contributed by atoms with Crippen molar-refractivity contribution in [2.75, 3.05) is 0 Å². The SMILES string of the molecule is C=C/C=C(\C=C/C)C(C)(CC)NC(=O)C(C)(CC)c1ccccc1. The van der Waals surface area contributed by atoms with Crippen molar-refractivity contribution in [3.8, 4) is 0 Å². The molecule has 0 aromatic heterocycles. The zero-order valence-corrected chi connectivity index (χ0v) is 15.7. The predicted molar refractivity (Wildman–Crippen MR) is 104 cm³/mol. The highest BCUT2D eigenvalue weighted by molar-refractivity contribution is 5.88. The minimum absolute atomic E-state index is 0.0556. The highest BCUT2D eigenvalue weighted by Gasteiger charge is 2.37. The van der Waals surface area contributed by atoms with Crippen LogP contribution in [0.4, 0.5) is 0 Å². The lowest BCUT2D eigenvalue weighted by atomic mass is 9.77. The van der Waals surface area contributed by atoms with Crippen LogP contribution in [0.3, 0.4) is 0 Å². The van der Waals surface area contributed by atoms with Crippen LogP contribution in [0.2, 0.25) is 0 Å². The molecule has 2 heteroatoms. The number of hydrogen-bond acceptors (Lipinski definition) is 1. The normalized spacial score (nSPS) is 17.1. The molecule has 1 aromatic carbocycles. The Balaban J connectivity index is 3.21. The quantitative estimate of drug-likeness (QED) is 0.643. The molecular weight excluding hydrogens is 294 g/mol. The van der Waals surface area contributed by atoms with Crippen LogP contribution >= 0.6 is 0 Å². The van der Waals surface area contributed by atoms with Crippen molar-refractivity contribution in [1.29, 1.82) is 0 Å². The fourth-order valence-electron chi connectivity index (χ4n) is 2.78. The maximum atomic E-state index is 13.2. The third kappa shape index (κ3) is 4.25. The molecule has 0 spiro atoms. The molecule has 0 radical (unpaired) electrons. The molecule has 0 saturated carbocycles. The van der Waals surface area contributed by atoms with Crippen LogP contribution in [0.15, 0.2) is 66.8 Å². The highest BCUT2D eigenvalue weighted by Crippen LogP contribution is 2.30. The van der Waals surface area contributed by atoms with Crippen molar-refractivity contribution in [2.45, 2.75) is 58.4 Å². The molecule has 1 amide bonds. The molecular formula is C22H31NO. The van der Waals surface area contributed by atoms with Crippen molar-refractivity contribution in [1.82, 2.24) is 5.32 Å². The summed E-state index contributed by atoms with van der Waals surface area (Å²) in [5.41, 5.74) is 1.13. The predicted octanol–water partition coefficient (Wildman–Crippen LogP) is 5.33. The molecule has 1 rings (SSSR count). The molecule has 1 N–H and O–H groups in total. The van der Waals surface area contributed by atoms with Gasteiger partial charge in [-0.2, -0.15) is 0 Å². The minimum Gasteiger partial charge on any atom is -0.346 e. The molecule has 0 saturated heterocycles. The third-order valence-corrected chi connectivity index (χ3v) is 5.00. The summed E-state index contributed by atoms with van der Waals surface area (Å²) in [7, 11) is 0. The number of hydrogen-bond donors (Lipinski definition) is 1. The number of amides is 1. The Kier molecular flexibility index (Phi) is 7.21. The molecule has 24 heavy (non-hydrogen) atoms. The number of benzene rings is 1. The number of carbonyl (C=O) groups excluding carboxylic acids is 1. The molecule has 0 heterocycles. The van der Waals surface area contributed by atoms with E-state index in [-0.39, 0.29) is 5.91 Å². The average molecular weight is 325 g/mol. The monoisotopic (exact) mass is 325 g/mol. The number of rotatable bonds is 8. The summed E-state index contributed by atoms with van der Waals surface area (Å²) in [6.45, 7) is 14.0. The Labute approximate surface area is 147 Å². The van der Waals surface area contributed by atoms with Crippen molar-refractivity contribution in [3.05, 3.63) is 72.4 Å². The topological polar surface area (TPSA) is 29.1 Å². The van der Waals surface area contributed by atoms with Crippen LogP contribution < -0.4 is 5.32 Å². The highest BCUT2D eigenvalue weighted by atomic mass is 16.2. The fourth-order valence-corrected chi connectivity index (χ4v) is 2.78. The number of allylic oxidation sites excluding steroid dienone is 3. The third-order valence-electron chi connectivity index (χ3n) is 5.00. The molecule has 2 unspecified atom stereocenters. The Morgan fingerprint density at radius 2 is 1.79 bits per heavy atom. The minimum atomic E-state index is -0.549. The van der Waals surface area contributed by atoms with E-state index in [2.05, 4.69) is 32.7 Å². The van der Waals surface area contributed by atoms with E-state index in [9.17, 15) is 4.79 Å². The van der Waals surface area contributed by atoms with Crippen LogP contribution in [0.25, 0.3) is 0 Å². The Bertz CT molecular complexity index is 614. The van der Waals surface area contributed by atoms with Gasteiger partial charge in [0.2, 0.25) is 5.91 Å². The van der Waals surface area contributed by atoms with Gasteiger partial charge in [-0.15, -0.1) is 0 Å². The first kappa shape index (κ1) is 20.0. The molecule has 0 bridgehead atoms. The van der Waals surface area contributed by atoms with Gasteiger partial charge in [0.05, 0.1) is 11.0 Å². The van der Waals surface area contributed by atoms with Crippen LogP contribution in [0.1, 0.15) is 53.0 Å². The van der Waals surface area contributed by atoms with Gasteiger partial charge in [0.25, 0.3) is 0 Å². The van der Waals surface area contributed by atoms with Gasteiger partial charge >= 0.3 is 0 Å². The molecule has 0 aliphatic heterocycles. The van der Waals surface area contributed by atoms with E-state index in [1.807, 2.05) is 62.4 Å². The largest absolute Gasteiger partial charge is 0.346 e. The van der Waals surface area contributed by atoms with Gasteiger partial charge < -0.3 is 5.32 Å². The standard InChI is InChI=1S/C22H31NO/c1-7-14-19(15-8-2)22(6,10-4)23-20(24)21(5,9-3)18-16-12-11-13-17-18/h7-8,11-17H,1,9-10H2,2-6H3,(H,23,24)/b15-8-,19-14+. The van der Waals surface area contributed by atoms with E-state index in [0.717, 1.165) is 24.0 Å². The van der Waals surface area contributed by atoms with Gasteiger partial charge in [-0.3, -0.25) is 4.79 Å². The smallest absolute Gasteiger partial charge is 0.231 e. The summed E-state index contributed by atoms with van der Waals surface area (Å²) >= 11 is 0. The summed E-state index contributed by atoms with van der Waals surface area (Å²) in [4.78, 5) is 13.2. The van der Waals surface area contributed by atoms with Gasteiger partial charge in [-0.25, -0.2) is 0 Å². The molecule has 2 atom stereocenters. The second-order valence-electron chi connectivity index (χ2n) is 6.55. The van der Waals surface area contributed by atoms with Crippen molar-refractivity contribution in [3.63, 3.8) is 0 Å². The molecule has 1 aromatic rings. The lowest BCUT2D eigenvalue weighted by Crippen LogP contribution is -2.53. The summed E-state index contributed by atoms with van der Waals surface area (Å²) in [6.07, 6.45) is 9.31. The maximum Gasteiger partial charge on any atom is 0.231 e. The van der Waals surface area contributed by atoms with Crippen molar-refractivity contribution < 1.29 is 4.79 Å². The van der Waals surface area contributed by atoms with E-state index in [1.54, 1.807) is 6.08 Å². The van der Waals surface area contributed by atoms with Gasteiger partial charge in [-0.05, 0) is 44.7 Å². The van der Waals surface area contributed by atoms with Gasteiger partial charge in [0.1, 0.15) is 0 Å². The molecule has 0 aliphatic rings. The first-order valence-corrected chi connectivity index (χ1v) is 8.72. The zero-order chi connectivity index (χ0) is 18.2. The maximum absolute atomic E-state index is 13.2. The van der Waals surface area contributed by atoms with Crippen molar-refractivity contribution >= 4 is 5.91 Å². The fraction of sp³-hybridized carbons (Fsp3) is 0.409. The summed E-state index contributed by atoms with van der Waals surface area (Å²) in [5, 5.41) is 3.30.